The van der Waals surface area contributed by atoms with E-state index in [0.29, 0.717) is 16.3 Å². The largest absolute Gasteiger partial charge is 0.316 e. The van der Waals surface area contributed by atoms with Crippen molar-refractivity contribution in [2.24, 2.45) is 0 Å². The fourth-order valence-electron chi connectivity index (χ4n) is 2.71. The number of thioether (sulfide) groups is 1. The number of hydrogen-bond donors (Lipinski definition) is 1. The highest BCUT2D eigenvalue weighted by atomic mass is 35.5. The Balaban J connectivity index is 1.86. The van der Waals surface area contributed by atoms with E-state index in [-0.39, 0.29) is 0 Å². The highest BCUT2D eigenvalue weighted by molar-refractivity contribution is 7.98. The summed E-state index contributed by atoms with van der Waals surface area (Å²) in [4.78, 5) is 0.943. The van der Waals surface area contributed by atoms with Gasteiger partial charge in [-0.2, -0.15) is 0 Å². The Hall–Kier alpha value is -1.17. The predicted octanol–water partition coefficient (Wildman–Crippen LogP) is 4.74. The van der Waals surface area contributed by atoms with Gasteiger partial charge in [0.1, 0.15) is 0 Å². The van der Waals surface area contributed by atoms with Crippen molar-refractivity contribution in [3.05, 3.63) is 63.4 Å². The third kappa shape index (κ3) is 3.67. The maximum Gasteiger partial charge on any atom is 0.194 e. The Morgan fingerprint density at radius 2 is 1.74 bits per heavy atom. The summed E-state index contributed by atoms with van der Waals surface area (Å²) < 4.78 is 39.7. The first kappa shape index (κ1) is 16.7. The van der Waals surface area contributed by atoms with Crippen LogP contribution in [0.15, 0.2) is 29.2 Å². The molecule has 2 aromatic carbocycles. The van der Waals surface area contributed by atoms with Gasteiger partial charge < -0.3 is 5.32 Å². The summed E-state index contributed by atoms with van der Waals surface area (Å²) in [6, 6.07) is 5.96. The fourth-order valence-corrected chi connectivity index (χ4v) is 4.14. The summed E-state index contributed by atoms with van der Waals surface area (Å²) in [5, 5.41) is 3.98. The lowest BCUT2D eigenvalue weighted by atomic mass is 10.0. The standard InChI is InChI=1S/C17H15ClF3NS/c18-13-2-1-11-3-5-22-6-4-12(11)17(13)23-9-10-7-14(19)16(21)15(20)8-10/h1-2,7-8,22H,3-6,9H2. The lowest BCUT2D eigenvalue weighted by molar-refractivity contribution is 0.446. The van der Waals surface area contributed by atoms with Crippen molar-refractivity contribution >= 4 is 23.4 Å². The second-order valence-corrected chi connectivity index (χ2v) is 6.82. The molecule has 1 aliphatic heterocycles. The molecule has 122 valence electrons. The van der Waals surface area contributed by atoms with E-state index in [0.717, 1.165) is 43.0 Å². The molecule has 23 heavy (non-hydrogen) atoms. The fraction of sp³-hybridized carbons (Fsp3) is 0.294. The van der Waals surface area contributed by atoms with Crippen LogP contribution < -0.4 is 5.32 Å². The van der Waals surface area contributed by atoms with Gasteiger partial charge in [-0.05, 0) is 60.8 Å². The first-order valence-electron chi connectivity index (χ1n) is 7.33. The van der Waals surface area contributed by atoms with Crippen LogP contribution in [0, 0.1) is 17.5 Å². The van der Waals surface area contributed by atoms with Gasteiger partial charge in [0.15, 0.2) is 17.5 Å². The van der Waals surface area contributed by atoms with Crippen molar-refractivity contribution in [1.29, 1.82) is 0 Å². The van der Waals surface area contributed by atoms with E-state index in [1.807, 2.05) is 12.1 Å². The van der Waals surface area contributed by atoms with Gasteiger partial charge in [-0.25, -0.2) is 13.2 Å². The molecule has 0 amide bonds. The zero-order chi connectivity index (χ0) is 16.4. The Labute approximate surface area is 142 Å². The van der Waals surface area contributed by atoms with Crippen LogP contribution in [0.1, 0.15) is 16.7 Å². The molecule has 0 atom stereocenters. The van der Waals surface area contributed by atoms with Crippen LogP contribution in [0.5, 0.6) is 0 Å². The molecule has 0 bridgehead atoms. The summed E-state index contributed by atoms with van der Waals surface area (Å²) in [5.41, 5.74) is 2.83. The molecule has 1 N–H and O–H groups in total. The van der Waals surface area contributed by atoms with Gasteiger partial charge in [-0.3, -0.25) is 0 Å². The van der Waals surface area contributed by atoms with Crippen LogP contribution in [-0.4, -0.2) is 13.1 Å². The van der Waals surface area contributed by atoms with Gasteiger partial charge >= 0.3 is 0 Å². The number of fused-ring (bicyclic) bond motifs is 1. The molecular weight excluding hydrogens is 343 g/mol. The Morgan fingerprint density at radius 3 is 2.48 bits per heavy atom. The minimum atomic E-state index is -1.43. The zero-order valence-corrected chi connectivity index (χ0v) is 13.8. The third-order valence-electron chi connectivity index (χ3n) is 3.86. The Kier molecular flexibility index (Phi) is 5.19. The quantitative estimate of drug-likeness (QED) is 0.629. The number of hydrogen-bond acceptors (Lipinski definition) is 2. The average Bonchev–Trinajstić information content (AvgIpc) is 2.77. The van der Waals surface area contributed by atoms with E-state index < -0.39 is 17.5 Å². The van der Waals surface area contributed by atoms with Crippen molar-refractivity contribution in [1.82, 2.24) is 5.32 Å². The molecule has 0 unspecified atom stereocenters. The SMILES string of the molecule is Fc1cc(CSc2c(Cl)ccc3c2CCNCC3)cc(F)c1F. The summed E-state index contributed by atoms with van der Waals surface area (Å²) in [6.45, 7) is 1.80. The molecule has 1 heterocycles. The van der Waals surface area contributed by atoms with Crippen LogP contribution >= 0.6 is 23.4 Å². The summed E-state index contributed by atoms with van der Waals surface area (Å²) >= 11 is 7.75. The van der Waals surface area contributed by atoms with Crippen LogP contribution in [0.25, 0.3) is 0 Å². The molecule has 0 aliphatic carbocycles. The van der Waals surface area contributed by atoms with E-state index >= 15 is 0 Å². The molecule has 0 aromatic heterocycles. The van der Waals surface area contributed by atoms with Crippen LogP contribution in [-0.2, 0) is 18.6 Å². The Bertz CT molecular complexity index is 713. The van der Waals surface area contributed by atoms with Crippen LogP contribution in [0.3, 0.4) is 0 Å². The number of halogens is 4. The monoisotopic (exact) mass is 357 g/mol. The minimum absolute atomic E-state index is 0.331. The minimum Gasteiger partial charge on any atom is -0.316 e. The second-order valence-electron chi connectivity index (χ2n) is 5.43. The number of rotatable bonds is 3. The molecule has 0 radical (unpaired) electrons. The van der Waals surface area contributed by atoms with Gasteiger partial charge in [0.05, 0.1) is 5.02 Å². The number of nitrogens with one attached hydrogen (secondary N) is 1. The third-order valence-corrected chi connectivity index (χ3v) is 5.52. The molecule has 0 saturated carbocycles. The molecule has 3 rings (SSSR count). The molecule has 0 spiro atoms. The van der Waals surface area contributed by atoms with E-state index in [1.54, 1.807) is 0 Å². The second kappa shape index (κ2) is 7.16. The predicted molar refractivity (Wildman–Crippen MR) is 87.6 cm³/mol. The summed E-state index contributed by atoms with van der Waals surface area (Å²) in [5.74, 6) is -3.43. The highest BCUT2D eigenvalue weighted by Crippen LogP contribution is 2.36. The molecular formula is C17H15ClF3NS. The normalized spacial score (nSPS) is 14.4. The number of benzene rings is 2. The van der Waals surface area contributed by atoms with E-state index in [4.69, 9.17) is 11.6 Å². The molecule has 1 aliphatic rings. The van der Waals surface area contributed by atoms with Crippen molar-refractivity contribution in [2.75, 3.05) is 13.1 Å². The smallest absolute Gasteiger partial charge is 0.194 e. The molecule has 0 saturated heterocycles. The van der Waals surface area contributed by atoms with Gasteiger partial charge in [0.2, 0.25) is 0 Å². The Morgan fingerprint density at radius 1 is 1.04 bits per heavy atom. The topological polar surface area (TPSA) is 12.0 Å². The van der Waals surface area contributed by atoms with E-state index in [2.05, 4.69) is 5.32 Å². The van der Waals surface area contributed by atoms with Crippen LogP contribution in [0.4, 0.5) is 13.2 Å². The molecule has 2 aromatic rings. The van der Waals surface area contributed by atoms with Gasteiger partial charge in [-0.1, -0.05) is 17.7 Å². The van der Waals surface area contributed by atoms with Crippen molar-refractivity contribution in [3.8, 4) is 0 Å². The molecule has 1 nitrogen and oxygen atoms in total. The molecule has 6 heteroatoms. The van der Waals surface area contributed by atoms with E-state index in [9.17, 15) is 13.2 Å². The molecule has 0 fully saturated rings. The maximum absolute atomic E-state index is 13.3. The summed E-state index contributed by atoms with van der Waals surface area (Å²) in [6.07, 6.45) is 1.80. The van der Waals surface area contributed by atoms with Crippen molar-refractivity contribution in [2.45, 2.75) is 23.5 Å². The average molecular weight is 358 g/mol. The lowest BCUT2D eigenvalue weighted by Gasteiger charge is -2.14. The van der Waals surface area contributed by atoms with Gasteiger partial charge in [0, 0.05) is 10.6 Å². The zero-order valence-electron chi connectivity index (χ0n) is 12.3. The lowest BCUT2D eigenvalue weighted by Crippen LogP contribution is -2.16. The van der Waals surface area contributed by atoms with Gasteiger partial charge in [-0.15, -0.1) is 11.8 Å². The van der Waals surface area contributed by atoms with Crippen LogP contribution in [0.2, 0.25) is 5.02 Å². The van der Waals surface area contributed by atoms with Gasteiger partial charge in [0.25, 0.3) is 0 Å². The highest BCUT2D eigenvalue weighted by Gasteiger charge is 2.16. The first-order valence-corrected chi connectivity index (χ1v) is 8.70. The first-order chi connectivity index (χ1) is 11.1. The maximum atomic E-state index is 13.3. The summed E-state index contributed by atoms with van der Waals surface area (Å²) in [7, 11) is 0. The van der Waals surface area contributed by atoms with Crippen molar-refractivity contribution in [3.63, 3.8) is 0 Å². The van der Waals surface area contributed by atoms with E-state index in [1.165, 1.54) is 22.9 Å². The van der Waals surface area contributed by atoms with Crippen molar-refractivity contribution < 1.29 is 13.2 Å².